The number of carbonyl (C=O) groups is 2. The summed E-state index contributed by atoms with van der Waals surface area (Å²) in [5.41, 5.74) is 1.98. The number of ether oxygens (including phenoxy) is 2. The highest BCUT2D eigenvalue weighted by atomic mass is 16.5. The third-order valence-corrected chi connectivity index (χ3v) is 2.68. The third-order valence-electron chi connectivity index (χ3n) is 2.68. The summed E-state index contributed by atoms with van der Waals surface area (Å²) in [6.07, 6.45) is 3.77. The van der Waals surface area contributed by atoms with Crippen molar-refractivity contribution in [3.8, 4) is 0 Å². The summed E-state index contributed by atoms with van der Waals surface area (Å²) in [6, 6.07) is 0. The first-order chi connectivity index (χ1) is 7.63. The molecule has 0 N–H and O–H groups in total. The van der Waals surface area contributed by atoms with E-state index in [1.807, 2.05) is 13.0 Å². The van der Waals surface area contributed by atoms with Crippen LogP contribution in [-0.4, -0.2) is 26.2 Å². The molecule has 0 bridgehead atoms. The van der Waals surface area contributed by atoms with E-state index in [9.17, 15) is 9.59 Å². The van der Waals surface area contributed by atoms with E-state index < -0.39 is 11.9 Å². The molecule has 88 valence electrons. The highest BCUT2D eigenvalue weighted by molar-refractivity contribution is 6.01. The quantitative estimate of drug-likeness (QED) is 0.541. The average Bonchev–Trinajstić information content (AvgIpc) is 2.36. The Morgan fingerprint density at radius 3 is 2.25 bits per heavy atom. The molecule has 0 atom stereocenters. The van der Waals surface area contributed by atoms with E-state index in [0.717, 1.165) is 12.0 Å². The summed E-state index contributed by atoms with van der Waals surface area (Å²) in [6.45, 7) is 2.02. The van der Waals surface area contributed by atoms with Crippen LogP contribution in [0.15, 0.2) is 22.8 Å². The molecule has 1 aliphatic carbocycles. The molecular weight excluding hydrogens is 208 g/mol. The normalized spacial score (nSPS) is 15.6. The number of hydrogen-bond donors (Lipinski definition) is 0. The van der Waals surface area contributed by atoms with E-state index in [-0.39, 0.29) is 0 Å². The molecule has 1 rings (SSSR count). The largest absolute Gasteiger partial charge is 0.466 e. The predicted molar refractivity (Wildman–Crippen MR) is 58.7 cm³/mol. The summed E-state index contributed by atoms with van der Waals surface area (Å²) < 4.78 is 9.33. The van der Waals surface area contributed by atoms with Crippen molar-refractivity contribution in [2.45, 2.75) is 26.2 Å². The van der Waals surface area contributed by atoms with Crippen LogP contribution in [0.2, 0.25) is 0 Å². The number of methoxy groups -OCH3 is 2. The van der Waals surface area contributed by atoms with Gasteiger partial charge in [0, 0.05) is 6.42 Å². The lowest BCUT2D eigenvalue weighted by atomic mass is 9.90. The monoisotopic (exact) mass is 224 g/mol. The Kier molecular flexibility index (Phi) is 4.28. The van der Waals surface area contributed by atoms with Gasteiger partial charge in [0.25, 0.3) is 0 Å². The summed E-state index contributed by atoms with van der Waals surface area (Å²) >= 11 is 0. The van der Waals surface area contributed by atoms with Gasteiger partial charge in [0.05, 0.1) is 25.4 Å². The molecule has 0 fully saturated rings. The third kappa shape index (κ3) is 2.51. The average molecular weight is 224 g/mol. The van der Waals surface area contributed by atoms with Crippen molar-refractivity contribution in [3.05, 3.63) is 22.8 Å². The van der Waals surface area contributed by atoms with Crippen LogP contribution in [0.25, 0.3) is 0 Å². The van der Waals surface area contributed by atoms with Gasteiger partial charge in [-0.15, -0.1) is 0 Å². The first-order valence-electron chi connectivity index (χ1n) is 5.20. The highest BCUT2D eigenvalue weighted by Gasteiger charge is 2.25. The molecule has 1 aliphatic rings. The van der Waals surface area contributed by atoms with Crippen molar-refractivity contribution in [1.82, 2.24) is 0 Å². The second-order valence-corrected chi connectivity index (χ2v) is 3.54. The van der Waals surface area contributed by atoms with E-state index in [4.69, 9.17) is 0 Å². The maximum absolute atomic E-state index is 11.5. The molecule has 0 amide bonds. The fraction of sp³-hybridized carbons (Fsp3) is 0.500. The second kappa shape index (κ2) is 5.49. The fourth-order valence-electron chi connectivity index (χ4n) is 1.69. The van der Waals surface area contributed by atoms with E-state index in [2.05, 4.69) is 9.47 Å². The highest BCUT2D eigenvalue weighted by Crippen LogP contribution is 2.27. The van der Waals surface area contributed by atoms with E-state index in [1.165, 1.54) is 14.2 Å². The molecule has 0 unspecified atom stereocenters. The van der Waals surface area contributed by atoms with Gasteiger partial charge >= 0.3 is 11.9 Å². The van der Waals surface area contributed by atoms with Gasteiger partial charge in [-0.2, -0.15) is 0 Å². The first-order valence-corrected chi connectivity index (χ1v) is 5.20. The Morgan fingerprint density at radius 1 is 1.19 bits per heavy atom. The van der Waals surface area contributed by atoms with Crippen LogP contribution in [0, 0.1) is 0 Å². The lowest BCUT2D eigenvalue weighted by Gasteiger charge is -2.17. The summed E-state index contributed by atoms with van der Waals surface area (Å²) in [5.74, 6) is -0.897. The number of carbonyl (C=O) groups excluding carboxylic acids is 2. The number of hydrogen-bond acceptors (Lipinski definition) is 4. The van der Waals surface area contributed by atoms with Crippen molar-refractivity contribution >= 4 is 11.9 Å². The van der Waals surface area contributed by atoms with Gasteiger partial charge < -0.3 is 9.47 Å². The van der Waals surface area contributed by atoms with Gasteiger partial charge in [-0.05, 0) is 12.8 Å². The van der Waals surface area contributed by atoms with E-state index >= 15 is 0 Å². The van der Waals surface area contributed by atoms with Gasteiger partial charge in [0.1, 0.15) is 0 Å². The smallest absolute Gasteiger partial charge is 0.334 e. The van der Waals surface area contributed by atoms with Crippen LogP contribution in [0.5, 0.6) is 0 Å². The summed E-state index contributed by atoms with van der Waals surface area (Å²) in [4.78, 5) is 23.0. The molecule has 0 radical (unpaired) electrons. The number of esters is 2. The van der Waals surface area contributed by atoms with Crippen molar-refractivity contribution in [2.75, 3.05) is 14.2 Å². The first kappa shape index (κ1) is 12.5. The van der Waals surface area contributed by atoms with Crippen LogP contribution < -0.4 is 0 Å². The van der Waals surface area contributed by atoms with Gasteiger partial charge in [-0.1, -0.05) is 18.6 Å². The molecule has 4 heteroatoms. The van der Waals surface area contributed by atoms with Crippen molar-refractivity contribution in [3.63, 3.8) is 0 Å². The Hall–Kier alpha value is -1.58. The van der Waals surface area contributed by atoms with Crippen LogP contribution in [0.1, 0.15) is 26.2 Å². The minimum Gasteiger partial charge on any atom is -0.466 e. The zero-order chi connectivity index (χ0) is 12.1. The number of allylic oxidation sites excluding steroid dienone is 2. The Bertz CT molecular complexity index is 363. The molecule has 16 heavy (non-hydrogen) atoms. The molecule has 0 saturated carbocycles. The zero-order valence-corrected chi connectivity index (χ0v) is 9.83. The minimum atomic E-state index is -0.452. The van der Waals surface area contributed by atoms with Crippen molar-refractivity contribution in [1.29, 1.82) is 0 Å². The summed E-state index contributed by atoms with van der Waals surface area (Å²) in [7, 11) is 2.62. The van der Waals surface area contributed by atoms with Crippen molar-refractivity contribution in [2.24, 2.45) is 0 Å². The van der Waals surface area contributed by atoms with Gasteiger partial charge in [0.2, 0.25) is 0 Å². The molecule has 0 spiro atoms. The fourth-order valence-corrected chi connectivity index (χ4v) is 1.69. The minimum absolute atomic E-state index is 0.409. The van der Waals surface area contributed by atoms with E-state index in [0.29, 0.717) is 24.0 Å². The van der Waals surface area contributed by atoms with E-state index in [1.54, 1.807) is 0 Å². The second-order valence-electron chi connectivity index (χ2n) is 3.54. The van der Waals surface area contributed by atoms with Crippen molar-refractivity contribution < 1.29 is 19.1 Å². The van der Waals surface area contributed by atoms with Crippen LogP contribution in [0.3, 0.4) is 0 Å². The van der Waals surface area contributed by atoms with Crippen LogP contribution >= 0.6 is 0 Å². The Balaban J connectivity index is 3.01. The lowest BCUT2D eigenvalue weighted by molar-refractivity contribution is -0.139. The molecule has 0 aromatic rings. The van der Waals surface area contributed by atoms with Crippen LogP contribution in [0.4, 0.5) is 0 Å². The van der Waals surface area contributed by atoms with Crippen LogP contribution in [-0.2, 0) is 19.1 Å². The van der Waals surface area contributed by atoms with Gasteiger partial charge in [0.15, 0.2) is 0 Å². The topological polar surface area (TPSA) is 52.6 Å². The molecule has 4 nitrogen and oxygen atoms in total. The maximum Gasteiger partial charge on any atom is 0.334 e. The zero-order valence-electron chi connectivity index (χ0n) is 9.83. The predicted octanol–water partition coefficient (Wildman–Crippen LogP) is 1.76. The Morgan fingerprint density at radius 2 is 1.75 bits per heavy atom. The maximum atomic E-state index is 11.5. The lowest BCUT2D eigenvalue weighted by Crippen LogP contribution is -2.17. The van der Waals surface area contributed by atoms with Gasteiger partial charge in [-0.25, -0.2) is 9.59 Å². The molecule has 0 heterocycles. The summed E-state index contributed by atoms with van der Waals surface area (Å²) in [5, 5.41) is 0. The molecule has 0 aromatic carbocycles. The Labute approximate surface area is 94.9 Å². The molecule has 0 saturated heterocycles. The standard InChI is InChI=1S/C12H16O4/c1-4-8-5-6-9(11(13)15-2)10(7-8)12(14)16-3/h5H,4,6-7H2,1-3H3. The molecular formula is C12H16O4. The SMILES string of the molecule is CCC1=CCC(C(=O)OC)=C(C(=O)OC)C1. The number of rotatable bonds is 3. The molecule has 0 aliphatic heterocycles. The molecule has 0 aromatic heterocycles. The van der Waals surface area contributed by atoms with Gasteiger partial charge in [-0.3, -0.25) is 0 Å².